The molecule has 0 saturated heterocycles. The molecule has 1 aliphatic rings. The smallest absolute Gasteiger partial charge is 0.317 e. The van der Waals surface area contributed by atoms with E-state index < -0.39 is 6.10 Å². The van der Waals surface area contributed by atoms with Gasteiger partial charge in [0.2, 0.25) is 0 Å². The minimum Gasteiger partial charge on any atom is -0.392 e. The second-order valence-electron chi connectivity index (χ2n) is 4.32. The Morgan fingerprint density at radius 3 is 2.43 bits per heavy atom. The van der Waals surface area contributed by atoms with E-state index in [9.17, 15) is 9.90 Å². The maximum absolute atomic E-state index is 11.7. The lowest BCUT2D eigenvalue weighted by Gasteiger charge is -2.28. The van der Waals surface area contributed by atoms with Gasteiger partial charge in [0.15, 0.2) is 0 Å². The first-order valence-electron chi connectivity index (χ1n) is 5.26. The van der Waals surface area contributed by atoms with Crippen molar-refractivity contribution in [3.8, 4) is 0 Å². The van der Waals surface area contributed by atoms with Crippen molar-refractivity contribution in [3.63, 3.8) is 0 Å². The fourth-order valence-corrected chi connectivity index (χ4v) is 1.30. The van der Waals surface area contributed by atoms with E-state index in [1.807, 2.05) is 13.8 Å². The summed E-state index contributed by atoms with van der Waals surface area (Å²) in [5.74, 6) is 0. The molecule has 2 N–H and O–H groups in total. The fourth-order valence-electron chi connectivity index (χ4n) is 1.30. The Hall–Kier alpha value is -0.770. The van der Waals surface area contributed by atoms with Crippen molar-refractivity contribution in [1.29, 1.82) is 0 Å². The van der Waals surface area contributed by atoms with E-state index in [4.69, 9.17) is 0 Å². The summed E-state index contributed by atoms with van der Waals surface area (Å²) in [4.78, 5) is 13.3. The molecule has 0 bridgehead atoms. The molecule has 1 aliphatic carbocycles. The van der Waals surface area contributed by atoms with Gasteiger partial charge >= 0.3 is 6.03 Å². The molecule has 1 atom stereocenters. The number of amides is 2. The third-order valence-corrected chi connectivity index (χ3v) is 2.25. The van der Waals surface area contributed by atoms with E-state index in [2.05, 4.69) is 5.32 Å². The van der Waals surface area contributed by atoms with Gasteiger partial charge < -0.3 is 15.3 Å². The van der Waals surface area contributed by atoms with E-state index in [1.54, 1.807) is 11.8 Å². The Bertz CT molecular complexity index is 200. The summed E-state index contributed by atoms with van der Waals surface area (Å²) in [6.07, 6.45) is 1.71. The average molecular weight is 200 g/mol. The lowest BCUT2D eigenvalue weighted by molar-refractivity contribution is 0.118. The zero-order valence-corrected chi connectivity index (χ0v) is 9.16. The molecular weight excluding hydrogens is 180 g/mol. The van der Waals surface area contributed by atoms with Crippen molar-refractivity contribution in [2.24, 2.45) is 0 Å². The number of aliphatic hydroxyl groups excluding tert-OH is 1. The van der Waals surface area contributed by atoms with Gasteiger partial charge in [-0.15, -0.1) is 0 Å². The molecule has 14 heavy (non-hydrogen) atoms. The summed E-state index contributed by atoms with van der Waals surface area (Å²) < 4.78 is 0. The summed E-state index contributed by atoms with van der Waals surface area (Å²) in [5.41, 5.74) is 0. The van der Waals surface area contributed by atoms with Crippen molar-refractivity contribution in [2.75, 3.05) is 6.54 Å². The third kappa shape index (κ3) is 3.54. The second-order valence-corrected chi connectivity index (χ2v) is 4.32. The lowest BCUT2D eigenvalue weighted by Crippen LogP contribution is -2.47. The van der Waals surface area contributed by atoms with Crippen LogP contribution in [0.3, 0.4) is 0 Å². The van der Waals surface area contributed by atoms with Gasteiger partial charge in [-0.3, -0.25) is 0 Å². The second kappa shape index (κ2) is 4.64. The van der Waals surface area contributed by atoms with E-state index in [-0.39, 0.29) is 12.1 Å². The molecule has 0 unspecified atom stereocenters. The minimum atomic E-state index is -0.470. The Kier molecular flexibility index (Phi) is 3.75. The number of hydrogen-bond acceptors (Lipinski definition) is 2. The maximum Gasteiger partial charge on any atom is 0.317 e. The summed E-state index contributed by atoms with van der Waals surface area (Å²) in [6, 6.07) is 0.449. The van der Waals surface area contributed by atoms with Crippen LogP contribution >= 0.6 is 0 Å². The predicted molar refractivity (Wildman–Crippen MR) is 55.1 cm³/mol. The average Bonchev–Trinajstić information content (AvgIpc) is 2.82. The van der Waals surface area contributed by atoms with Gasteiger partial charge in [-0.2, -0.15) is 0 Å². The Labute approximate surface area is 85.3 Å². The predicted octanol–water partition coefficient (Wildman–Crippen LogP) is 0.950. The molecule has 0 aromatic rings. The number of carbonyl (C=O) groups excluding carboxylic acids is 1. The maximum atomic E-state index is 11.7. The molecule has 82 valence electrons. The Morgan fingerprint density at radius 2 is 2.07 bits per heavy atom. The summed E-state index contributed by atoms with van der Waals surface area (Å²) in [6.45, 7) is 6.00. The molecule has 0 aliphatic heterocycles. The molecule has 0 aromatic carbocycles. The molecule has 1 saturated carbocycles. The van der Waals surface area contributed by atoms with Crippen LogP contribution in [0.2, 0.25) is 0 Å². The van der Waals surface area contributed by atoms with Crippen LogP contribution in [0.1, 0.15) is 33.6 Å². The molecule has 0 spiro atoms. The molecule has 0 heterocycles. The van der Waals surface area contributed by atoms with Crippen LogP contribution in [-0.4, -0.2) is 40.8 Å². The highest BCUT2D eigenvalue weighted by molar-refractivity contribution is 5.75. The summed E-state index contributed by atoms with van der Waals surface area (Å²) >= 11 is 0. The molecule has 2 amide bonds. The van der Waals surface area contributed by atoms with Crippen molar-refractivity contribution in [2.45, 2.75) is 51.8 Å². The van der Waals surface area contributed by atoms with Gasteiger partial charge in [0, 0.05) is 18.6 Å². The highest BCUT2D eigenvalue weighted by Gasteiger charge is 2.27. The number of urea groups is 1. The van der Waals surface area contributed by atoms with Crippen LogP contribution in [0.15, 0.2) is 0 Å². The van der Waals surface area contributed by atoms with Gasteiger partial charge in [-0.05, 0) is 33.6 Å². The SMILES string of the molecule is CC(C)N(C[C@@H](C)O)C(=O)NC1CC1. The van der Waals surface area contributed by atoms with Crippen LogP contribution in [0.25, 0.3) is 0 Å². The monoisotopic (exact) mass is 200 g/mol. The first kappa shape index (κ1) is 11.3. The topological polar surface area (TPSA) is 52.6 Å². The van der Waals surface area contributed by atoms with E-state index in [0.29, 0.717) is 12.6 Å². The Balaban J connectivity index is 2.42. The number of aliphatic hydroxyl groups is 1. The van der Waals surface area contributed by atoms with Crippen LogP contribution in [-0.2, 0) is 0 Å². The Morgan fingerprint density at radius 1 is 1.50 bits per heavy atom. The number of hydrogen-bond donors (Lipinski definition) is 2. The molecule has 1 fully saturated rings. The lowest BCUT2D eigenvalue weighted by atomic mass is 10.3. The summed E-state index contributed by atoms with van der Waals surface area (Å²) in [7, 11) is 0. The van der Waals surface area contributed by atoms with Crippen LogP contribution in [0, 0.1) is 0 Å². The van der Waals surface area contributed by atoms with E-state index in [0.717, 1.165) is 12.8 Å². The van der Waals surface area contributed by atoms with E-state index >= 15 is 0 Å². The third-order valence-electron chi connectivity index (χ3n) is 2.25. The zero-order chi connectivity index (χ0) is 10.7. The normalized spacial score (nSPS) is 18.1. The van der Waals surface area contributed by atoms with Gasteiger partial charge in [-0.1, -0.05) is 0 Å². The number of rotatable bonds is 4. The van der Waals surface area contributed by atoms with Crippen LogP contribution < -0.4 is 5.32 Å². The van der Waals surface area contributed by atoms with Gasteiger partial charge in [0.05, 0.1) is 6.10 Å². The first-order valence-corrected chi connectivity index (χ1v) is 5.26. The molecule has 0 aromatic heterocycles. The van der Waals surface area contributed by atoms with Gasteiger partial charge in [-0.25, -0.2) is 4.79 Å². The van der Waals surface area contributed by atoms with Crippen molar-refractivity contribution >= 4 is 6.03 Å². The summed E-state index contributed by atoms with van der Waals surface area (Å²) in [5, 5.41) is 12.2. The highest BCUT2D eigenvalue weighted by Crippen LogP contribution is 2.19. The zero-order valence-electron chi connectivity index (χ0n) is 9.16. The highest BCUT2D eigenvalue weighted by atomic mass is 16.3. The molecular formula is C10H20N2O2. The van der Waals surface area contributed by atoms with Crippen LogP contribution in [0.5, 0.6) is 0 Å². The largest absolute Gasteiger partial charge is 0.392 e. The number of nitrogens with zero attached hydrogens (tertiary/aromatic N) is 1. The standard InChI is InChI=1S/C10H20N2O2/c1-7(2)12(6-8(3)13)10(14)11-9-4-5-9/h7-9,13H,4-6H2,1-3H3,(H,11,14)/t8-/m1/s1. The van der Waals surface area contributed by atoms with Gasteiger partial charge in [0.1, 0.15) is 0 Å². The van der Waals surface area contributed by atoms with Crippen molar-refractivity contribution in [1.82, 2.24) is 10.2 Å². The molecule has 4 heteroatoms. The van der Waals surface area contributed by atoms with Crippen molar-refractivity contribution < 1.29 is 9.90 Å². The minimum absolute atomic E-state index is 0.0524. The molecule has 0 radical (unpaired) electrons. The molecule has 4 nitrogen and oxygen atoms in total. The molecule has 1 rings (SSSR count). The van der Waals surface area contributed by atoms with Crippen molar-refractivity contribution in [3.05, 3.63) is 0 Å². The number of carbonyl (C=O) groups is 1. The van der Waals surface area contributed by atoms with Crippen LogP contribution in [0.4, 0.5) is 4.79 Å². The quantitative estimate of drug-likeness (QED) is 0.710. The fraction of sp³-hybridized carbons (Fsp3) is 0.900. The van der Waals surface area contributed by atoms with E-state index in [1.165, 1.54) is 0 Å². The number of nitrogens with one attached hydrogen (secondary N) is 1. The first-order chi connectivity index (χ1) is 6.50. The van der Waals surface area contributed by atoms with Gasteiger partial charge in [0.25, 0.3) is 0 Å².